The molecule has 0 unspecified atom stereocenters. The average molecular weight is 207 g/mol. The maximum Gasteiger partial charge on any atom is 3.00 e. The van der Waals surface area contributed by atoms with E-state index in [-0.39, 0.29) is 44.2 Å². The molecule has 0 aliphatic rings. The average Bonchev–Trinajstić information content (AvgIpc) is 0.811. The second kappa shape index (κ2) is 4.39. The van der Waals surface area contributed by atoms with E-state index in [0.717, 1.165) is 0 Å². The molecule has 0 aromatic heterocycles. The Morgan fingerprint density at radius 2 is 1.60 bits per heavy atom. The van der Waals surface area contributed by atoms with Crippen LogP contribution in [0, 0.1) is 50.9 Å². The Kier molecular flexibility index (Phi) is 7.95. The first-order chi connectivity index (χ1) is 1.73. The summed E-state index contributed by atoms with van der Waals surface area (Å²) in [7, 11) is 0. The van der Waals surface area contributed by atoms with Crippen molar-refractivity contribution >= 4 is 0 Å². The van der Waals surface area contributed by atoms with Crippen LogP contribution in [-0.4, -0.2) is 5.09 Å². The van der Waals surface area contributed by atoms with Gasteiger partial charge < -0.3 is 23.9 Å². The topological polar surface area (TPSA) is 66.2 Å². The summed E-state index contributed by atoms with van der Waals surface area (Å²) in [6.07, 6.45) is 0. The number of hydrogen-bond donors (Lipinski definition) is 0. The Balaban J connectivity index is -0.00000000214. The zero-order valence-electron chi connectivity index (χ0n) is 8.25. The first-order valence-corrected chi connectivity index (χ1v) is 0.548. The van der Waals surface area contributed by atoms with E-state index in [1.807, 2.05) is 0 Å². The third kappa shape index (κ3) is 162. The molecule has 0 radical (unpaired) electrons. The smallest absolute Gasteiger partial charge is 1.00 e. The minimum atomic E-state index is -1.75. The molecule has 0 aliphatic heterocycles. The van der Waals surface area contributed by atoms with Crippen molar-refractivity contribution < 1.29 is 49.2 Å². The van der Waals surface area contributed by atoms with Gasteiger partial charge in [-0.15, -0.1) is 0 Å². The van der Waals surface area contributed by atoms with Crippen molar-refractivity contribution in [1.82, 2.24) is 0 Å². The molecule has 0 N–H and O–H groups in total. The summed E-state index contributed by atoms with van der Waals surface area (Å²) in [6.45, 7) is 0. The molecular weight excluding hydrogens is 201 g/mol. The molecule has 0 rings (SSSR count). The van der Waals surface area contributed by atoms with Gasteiger partial charge >= 0.3 is 35.6 Å². The van der Waals surface area contributed by atoms with Crippen molar-refractivity contribution in [2.45, 2.75) is 0 Å². The maximum atomic E-state index is 8.25. The van der Waals surface area contributed by atoms with Gasteiger partial charge in [0.25, 0.3) is 0 Å². The SMILES string of the molecule is O=[N+]([O-])[O-].[H-].[H-].[H-].[H-].[H-].[H-].[La+3]. The summed E-state index contributed by atoms with van der Waals surface area (Å²) in [4.78, 5) is 8.25. The van der Waals surface area contributed by atoms with Crippen LogP contribution in [0.2, 0.25) is 0 Å². The molecule has 36 valence electrons. The minimum Gasteiger partial charge on any atom is -1.00 e. The van der Waals surface area contributed by atoms with Crippen LogP contribution in [0.1, 0.15) is 8.56 Å². The third-order valence-corrected chi connectivity index (χ3v) is 0. The Morgan fingerprint density at radius 1 is 1.60 bits per heavy atom. The van der Waals surface area contributed by atoms with E-state index in [1.54, 1.807) is 0 Å². The molecule has 0 aromatic carbocycles. The van der Waals surface area contributed by atoms with Crippen LogP contribution < -0.4 is 0 Å². The summed E-state index contributed by atoms with van der Waals surface area (Å²) in [5.74, 6) is 0. The quantitative estimate of drug-likeness (QED) is 0.427. The predicted molar refractivity (Wildman–Crippen MR) is 17.0 cm³/mol. The maximum absolute atomic E-state index is 8.25. The predicted octanol–water partition coefficient (Wildman–Crippen LogP) is 0.436. The van der Waals surface area contributed by atoms with Gasteiger partial charge in [-0.25, -0.2) is 0 Å². The molecule has 0 atom stereocenters. The molecule has 0 aliphatic carbocycles. The van der Waals surface area contributed by atoms with Gasteiger partial charge in [0.05, 0.1) is 5.09 Å². The van der Waals surface area contributed by atoms with Crippen LogP contribution in [0.4, 0.5) is 0 Å². The molecule has 4 nitrogen and oxygen atoms in total. The van der Waals surface area contributed by atoms with Crippen molar-refractivity contribution in [3.05, 3.63) is 15.3 Å². The van der Waals surface area contributed by atoms with Gasteiger partial charge in [-0.05, 0) is 0 Å². The largest absolute Gasteiger partial charge is 3.00 e. The van der Waals surface area contributed by atoms with Gasteiger partial charge in [-0.2, -0.15) is 0 Å². The molecule has 0 saturated carbocycles. The van der Waals surface area contributed by atoms with Crippen LogP contribution in [0.3, 0.4) is 0 Å². The van der Waals surface area contributed by atoms with Crippen LogP contribution in [-0.2, 0) is 0 Å². The normalized spacial score (nSPS) is 4.80. The van der Waals surface area contributed by atoms with E-state index >= 15 is 0 Å². The van der Waals surface area contributed by atoms with Crippen molar-refractivity contribution in [1.29, 1.82) is 0 Å². The van der Waals surface area contributed by atoms with Crippen LogP contribution in [0.5, 0.6) is 0 Å². The number of hydrogen-bond acceptors (Lipinski definition) is 3. The molecule has 5 heavy (non-hydrogen) atoms. The molecule has 0 bridgehead atoms. The second-order valence-electron chi connectivity index (χ2n) is 0.224. The van der Waals surface area contributed by atoms with Crippen LogP contribution >= 0.6 is 0 Å². The fourth-order valence-electron chi connectivity index (χ4n) is 0. The summed E-state index contributed by atoms with van der Waals surface area (Å²) < 4.78 is 0. The molecule has 0 amide bonds. The molecule has 0 aromatic rings. The molecule has 0 fully saturated rings. The monoisotopic (exact) mass is 207 g/mol. The summed E-state index contributed by atoms with van der Waals surface area (Å²) in [5.41, 5.74) is 0. The zero-order chi connectivity index (χ0) is 3.58. The van der Waals surface area contributed by atoms with E-state index in [2.05, 4.69) is 0 Å². The summed E-state index contributed by atoms with van der Waals surface area (Å²) >= 11 is 0. The van der Waals surface area contributed by atoms with Crippen molar-refractivity contribution in [2.24, 2.45) is 0 Å². The first-order valence-electron chi connectivity index (χ1n) is 0.548. The third-order valence-electron chi connectivity index (χ3n) is 0. The van der Waals surface area contributed by atoms with E-state index in [1.165, 1.54) is 0 Å². The fourth-order valence-corrected chi connectivity index (χ4v) is 0. The first kappa shape index (κ1) is 9.04. The van der Waals surface area contributed by atoms with Crippen molar-refractivity contribution in [3.8, 4) is 0 Å². The van der Waals surface area contributed by atoms with Gasteiger partial charge in [0.2, 0.25) is 0 Å². The van der Waals surface area contributed by atoms with Crippen molar-refractivity contribution in [2.75, 3.05) is 0 Å². The van der Waals surface area contributed by atoms with Gasteiger partial charge in [-0.1, -0.05) is 0 Å². The minimum absolute atomic E-state index is 0. The standard InChI is InChI=1S/La.NO3.6H/c;2-1(3)4;;;;;;/q+3;7*-1. The van der Waals surface area contributed by atoms with Gasteiger partial charge in [0.1, 0.15) is 0 Å². The van der Waals surface area contributed by atoms with Gasteiger partial charge in [0.15, 0.2) is 0 Å². The molecule has 5 heteroatoms. The number of nitrogens with zero attached hydrogens (tertiary/aromatic N) is 1. The molecule has 0 spiro atoms. The Hall–Kier alpha value is 0.395. The fraction of sp³-hybridized carbons (Fsp3) is 0. The second-order valence-corrected chi connectivity index (χ2v) is 0.224. The molecule has 0 heterocycles. The van der Waals surface area contributed by atoms with Crippen molar-refractivity contribution in [3.63, 3.8) is 0 Å². The Bertz CT molecular complexity index is 40.8. The molecule has 0 saturated heterocycles. The van der Waals surface area contributed by atoms with E-state index in [4.69, 9.17) is 15.3 Å². The van der Waals surface area contributed by atoms with Crippen LogP contribution in [0.25, 0.3) is 0 Å². The van der Waals surface area contributed by atoms with Gasteiger partial charge in [-0.3, -0.25) is 0 Å². The number of rotatable bonds is 0. The van der Waals surface area contributed by atoms with Gasteiger partial charge in [0, 0.05) is 0 Å². The van der Waals surface area contributed by atoms with E-state index < -0.39 is 5.09 Å². The Morgan fingerprint density at radius 3 is 1.60 bits per heavy atom. The molecular formula is H6LaNO3-4. The Labute approximate surface area is 64.8 Å². The summed E-state index contributed by atoms with van der Waals surface area (Å²) in [5, 5.41) is 14.8. The summed E-state index contributed by atoms with van der Waals surface area (Å²) in [6, 6.07) is 0. The van der Waals surface area contributed by atoms with E-state index in [9.17, 15) is 0 Å². The van der Waals surface area contributed by atoms with E-state index in [0.29, 0.717) is 0 Å². The zero-order valence-corrected chi connectivity index (χ0v) is 5.88. The van der Waals surface area contributed by atoms with Crippen LogP contribution in [0.15, 0.2) is 0 Å².